The highest BCUT2D eigenvalue weighted by atomic mass is 32.2. The predicted molar refractivity (Wildman–Crippen MR) is 137 cm³/mol. The first-order valence-corrected chi connectivity index (χ1v) is 13.5. The molecule has 0 atom stereocenters. The van der Waals surface area contributed by atoms with Crippen molar-refractivity contribution in [2.24, 2.45) is 0 Å². The normalized spacial score (nSPS) is 17.1. The molecule has 1 saturated heterocycles. The summed E-state index contributed by atoms with van der Waals surface area (Å²) in [6, 6.07) is 14.7. The van der Waals surface area contributed by atoms with Gasteiger partial charge in [-0.1, -0.05) is 24.3 Å². The molecule has 3 heterocycles. The molecule has 5 rings (SSSR count). The number of benzene rings is 2. The molecule has 2 aliphatic heterocycles. The lowest BCUT2D eigenvalue weighted by Crippen LogP contribution is -2.34. The molecule has 35 heavy (non-hydrogen) atoms. The summed E-state index contributed by atoms with van der Waals surface area (Å²) >= 11 is 0. The summed E-state index contributed by atoms with van der Waals surface area (Å²) < 4.78 is 35.1. The van der Waals surface area contributed by atoms with E-state index in [-0.39, 0.29) is 10.8 Å². The molecule has 0 aliphatic carbocycles. The Morgan fingerprint density at radius 3 is 2.37 bits per heavy atom. The van der Waals surface area contributed by atoms with Crippen LogP contribution < -0.4 is 4.74 Å². The Morgan fingerprint density at radius 2 is 1.71 bits per heavy atom. The van der Waals surface area contributed by atoms with Crippen LogP contribution >= 0.6 is 0 Å². The van der Waals surface area contributed by atoms with Gasteiger partial charge in [-0.2, -0.15) is 4.31 Å². The maximum Gasteiger partial charge on any atom is 0.243 e. The van der Waals surface area contributed by atoms with Crippen LogP contribution in [0.5, 0.6) is 5.75 Å². The number of aromatic nitrogens is 1. The Hall–Kier alpha value is -3.10. The van der Waals surface area contributed by atoms with Crippen LogP contribution in [0.2, 0.25) is 0 Å². The van der Waals surface area contributed by atoms with Gasteiger partial charge in [-0.3, -0.25) is 4.79 Å². The van der Waals surface area contributed by atoms with Crippen LogP contribution in [-0.2, 0) is 21.4 Å². The number of hydrogen-bond acceptors (Lipinski definition) is 4. The molecule has 8 heteroatoms. The van der Waals surface area contributed by atoms with Gasteiger partial charge < -0.3 is 14.2 Å². The van der Waals surface area contributed by atoms with Crippen LogP contribution in [0.1, 0.15) is 30.5 Å². The third-order valence-electron chi connectivity index (χ3n) is 7.17. The van der Waals surface area contributed by atoms with E-state index in [4.69, 9.17) is 4.74 Å². The fourth-order valence-electron chi connectivity index (χ4n) is 5.23. The van der Waals surface area contributed by atoms with Crippen molar-refractivity contribution in [2.45, 2.75) is 37.6 Å². The van der Waals surface area contributed by atoms with Crippen molar-refractivity contribution in [3.63, 3.8) is 0 Å². The average Bonchev–Trinajstić information content (AvgIpc) is 3.52. The quantitative estimate of drug-likeness (QED) is 0.519. The first kappa shape index (κ1) is 23.6. The standard InChI is InChI=1S/C27H31N3O4S/c1-20-27(24-7-3-4-8-25(24)30(20)19-26(31)28-15-5-6-16-28)21-13-17-29(18-14-21)35(32,33)23-11-9-22(34-2)10-12-23/h3-4,7-13H,5-6,14-19H2,1-2H3. The zero-order chi connectivity index (χ0) is 24.6. The van der Waals surface area contributed by atoms with E-state index in [9.17, 15) is 13.2 Å². The molecule has 0 N–H and O–H groups in total. The molecular formula is C27H31N3O4S. The smallest absolute Gasteiger partial charge is 0.243 e. The van der Waals surface area contributed by atoms with Crippen molar-refractivity contribution in [1.82, 2.24) is 13.8 Å². The van der Waals surface area contributed by atoms with Crippen molar-refractivity contribution >= 4 is 32.4 Å². The molecule has 0 bridgehead atoms. The van der Waals surface area contributed by atoms with Gasteiger partial charge in [-0.15, -0.1) is 0 Å². The molecule has 3 aromatic rings. The van der Waals surface area contributed by atoms with E-state index in [0.29, 0.717) is 31.8 Å². The number of para-hydroxylation sites is 1. The van der Waals surface area contributed by atoms with Gasteiger partial charge in [0.25, 0.3) is 0 Å². The van der Waals surface area contributed by atoms with Gasteiger partial charge in [0.15, 0.2) is 0 Å². The van der Waals surface area contributed by atoms with E-state index in [2.05, 4.69) is 23.6 Å². The summed E-state index contributed by atoms with van der Waals surface area (Å²) in [7, 11) is -2.03. The lowest BCUT2D eigenvalue weighted by molar-refractivity contribution is -0.130. The third-order valence-corrected chi connectivity index (χ3v) is 9.05. The monoisotopic (exact) mass is 493 g/mol. The minimum absolute atomic E-state index is 0.160. The molecule has 0 saturated carbocycles. The molecule has 184 valence electrons. The molecule has 2 aromatic carbocycles. The summed E-state index contributed by atoms with van der Waals surface area (Å²) in [4.78, 5) is 15.2. The Bertz CT molecular complexity index is 1380. The van der Waals surface area contributed by atoms with Gasteiger partial charge in [0.1, 0.15) is 12.3 Å². The summed E-state index contributed by atoms with van der Waals surface area (Å²) in [5.41, 5.74) is 4.35. The van der Waals surface area contributed by atoms with Crippen LogP contribution in [-0.4, -0.2) is 61.4 Å². The van der Waals surface area contributed by atoms with E-state index in [1.165, 1.54) is 4.31 Å². The average molecular weight is 494 g/mol. The SMILES string of the molecule is COc1ccc(S(=O)(=O)N2CC=C(c3c(C)n(CC(=O)N4CCCC4)c4ccccc34)CC2)cc1. The fourth-order valence-corrected chi connectivity index (χ4v) is 6.62. The van der Waals surface area contributed by atoms with Gasteiger partial charge in [0, 0.05) is 48.3 Å². The van der Waals surface area contributed by atoms with Gasteiger partial charge in [0.05, 0.1) is 12.0 Å². The summed E-state index contributed by atoms with van der Waals surface area (Å²) in [5.74, 6) is 0.784. The van der Waals surface area contributed by atoms with Crippen molar-refractivity contribution < 1.29 is 17.9 Å². The van der Waals surface area contributed by atoms with Crippen molar-refractivity contribution in [1.29, 1.82) is 0 Å². The van der Waals surface area contributed by atoms with E-state index < -0.39 is 10.0 Å². The maximum absolute atomic E-state index is 13.2. The molecule has 2 aliphatic rings. The van der Waals surface area contributed by atoms with Crippen LogP contribution in [0.15, 0.2) is 59.5 Å². The number of likely N-dealkylation sites (tertiary alicyclic amines) is 1. The molecule has 0 radical (unpaired) electrons. The van der Waals surface area contributed by atoms with Gasteiger partial charge >= 0.3 is 0 Å². The molecular weight excluding hydrogens is 462 g/mol. The molecule has 1 amide bonds. The predicted octanol–water partition coefficient (Wildman–Crippen LogP) is 4.06. The zero-order valence-electron chi connectivity index (χ0n) is 20.2. The topological polar surface area (TPSA) is 71.9 Å². The van der Waals surface area contributed by atoms with Crippen LogP contribution in [0.25, 0.3) is 16.5 Å². The summed E-state index contributed by atoms with van der Waals surface area (Å²) in [6.07, 6.45) is 4.78. The highest BCUT2D eigenvalue weighted by Crippen LogP contribution is 2.35. The Morgan fingerprint density at radius 1 is 1.00 bits per heavy atom. The number of fused-ring (bicyclic) bond motifs is 1. The van der Waals surface area contributed by atoms with E-state index in [0.717, 1.165) is 53.7 Å². The van der Waals surface area contributed by atoms with Gasteiger partial charge in [0.2, 0.25) is 15.9 Å². The van der Waals surface area contributed by atoms with E-state index in [1.807, 2.05) is 23.1 Å². The first-order chi connectivity index (χ1) is 16.9. The lowest BCUT2D eigenvalue weighted by Gasteiger charge is -2.26. The second-order valence-corrected chi connectivity index (χ2v) is 11.1. The van der Waals surface area contributed by atoms with Crippen molar-refractivity contribution in [3.8, 4) is 5.75 Å². The number of carbonyl (C=O) groups is 1. The molecule has 0 unspecified atom stereocenters. The van der Waals surface area contributed by atoms with Crippen LogP contribution in [0.3, 0.4) is 0 Å². The van der Waals surface area contributed by atoms with Crippen molar-refractivity contribution in [3.05, 3.63) is 65.9 Å². The second kappa shape index (κ2) is 9.51. The van der Waals surface area contributed by atoms with Crippen molar-refractivity contribution in [2.75, 3.05) is 33.3 Å². The Kier molecular flexibility index (Phi) is 6.42. The number of ether oxygens (including phenoxy) is 1. The molecule has 7 nitrogen and oxygen atoms in total. The molecule has 1 aromatic heterocycles. The number of amides is 1. The number of nitrogens with zero attached hydrogens (tertiary/aromatic N) is 3. The number of methoxy groups -OCH3 is 1. The summed E-state index contributed by atoms with van der Waals surface area (Å²) in [5, 5.41) is 1.11. The molecule has 1 fully saturated rings. The minimum Gasteiger partial charge on any atom is -0.497 e. The molecule has 0 spiro atoms. The second-order valence-electron chi connectivity index (χ2n) is 9.17. The lowest BCUT2D eigenvalue weighted by atomic mass is 9.97. The number of rotatable bonds is 6. The Labute approximate surface area is 206 Å². The maximum atomic E-state index is 13.2. The van der Waals surface area contributed by atoms with E-state index >= 15 is 0 Å². The zero-order valence-corrected chi connectivity index (χ0v) is 21.1. The number of carbonyl (C=O) groups excluding carboxylic acids is 1. The van der Waals surface area contributed by atoms with Gasteiger partial charge in [-0.05, 0) is 62.1 Å². The minimum atomic E-state index is -3.59. The van der Waals surface area contributed by atoms with Gasteiger partial charge in [-0.25, -0.2) is 8.42 Å². The van der Waals surface area contributed by atoms with E-state index in [1.54, 1.807) is 31.4 Å². The Balaban J connectivity index is 1.43. The highest BCUT2D eigenvalue weighted by Gasteiger charge is 2.28. The highest BCUT2D eigenvalue weighted by molar-refractivity contribution is 7.89. The van der Waals surface area contributed by atoms with Crippen LogP contribution in [0, 0.1) is 6.92 Å². The third kappa shape index (κ3) is 4.36. The number of hydrogen-bond donors (Lipinski definition) is 0. The first-order valence-electron chi connectivity index (χ1n) is 12.1. The van der Waals surface area contributed by atoms with Crippen LogP contribution in [0.4, 0.5) is 0 Å². The fraction of sp³-hybridized carbons (Fsp3) is 0.370. The number of sulfonamides is 1. The largest absolute Gasteiger partial charge is 0.497 e. The summed E-state index contributed by atoms with van der Waals surface area (Å²) in [6.45, 7) is 4.80.